The lowest BCUT2D eigenvalue weighted by atomic mass is 9.80. The molecule has 122 valence electrons. The van der Waals surface area contributed by atoms with Gasteiger partial charge in [-0.25, -0.2) is 12.7 Å². The largest absolute Gasteiger partial charge is 0.341 e. The summed E-state index contributed by atoms with van der Waals surface area (Å²) in [6.07, 6.45) is 7.48. The molecule has 2 unspecified atom stereocenters. The molecule has 1 heterocycles. The van der Waals surface area contributed by atoms with E-state index in [1.54, 1.807) is 0 Å². The van der Waals surface area contributed by atoms with Gasteiger partial charge in [-0.15, -0.1) is 0 Å². The van der Waals surface area contributed by atoms with E-state index >= 15 is 0 Å². The summed E-state index contributed by atoms with van der Waals surface area (Å²) in [5, 5.41) is 0. The fourth-order valence-electron chi connectivity index (χ4n) is 3.60. The topological polar surface area (TPSA) is 57.7 Å². The third-order valence-electron chi connectivity index (χ3n) is 4.78. The smallest absolute Gasteiger partial charge is 0.222 e. The first-order valence-corrected chi connectivity index (χ1v) is 9.94. The van der Waals surface area contributed by atoms with Gasteiger partial charge < -0.3 is 4.90 Å². The van der Waals surface area contributed by atoms with Crippen LogP contribution >= 0.6 is 0 Å². The van der Waals surface area contributed by atoms with Gasteiger partial charge in [0.1, 0.15) is 0 Å². The van der Waals surface area contributed by atoms with E-state index < -0.39 is 10.0 Å². The van der Waals surface area contributed by atoms with Crippen LogP contribution in [-0.4, -0.2) is 56.0 Å². The van der Waals surface area contributed by atoms with Crippen LogP contribution in [0.2, 0.25) is 0 Å². The quantitative estimate of drug-likeness (QED) is 0.796. The van der Waals surface area contributed by atoms with Gasteiger partial charge >= 0.3 is 0 Å². The zero-order valence-corrected chi connectivity index (χ0v) is 14.1. The second kappa shape index (κ2) is 7.09. The SMILES string of the molecule is CC1CCCC(CC(=O)N2CCCN(S(C)(=O)=O)CC2)C1. The highest BCUT2D eigenvalue weighted by Crippen LogP contribution is 2.31. The summed E-state index contributed by atoms with van der Waals surface area (Å²) < 4.78 is 24.7. The highest BCUT2D eigenvalue weighted by Gasteiger charge is 2.27. The van der Waals surface area contributed by atoms with Crippen molar-refractivity contribution < 1.29 is 13.2 Å². The molecule has 6 heteroatoms. The van der Waals surface area contributed by atoms with E-state index in [1.165, 1.54) is 29.8 Å². The van der Waals surface area contributed by atoms with Crippen LogP contribution in [0.15, 0.2) is 0 Å². The lowest BCUT2D eigenvalue weighted by molar-refractivity contribution is -0.132. The highest BCUT2D eigenvalue weighted by atomic mass is 32.2. The third-order valence-corrected chi connectivity index (χ3v) is 6.09. The molecular weight excluding hydrogens is 288 g/mol. The average molecular weight is 316 g/mol. The van der Waals surface area contributed by atoms with Crippen molar-refractivity contribution in [2.45, 2.75) is 45.4 Å². The maximum atomic E-state index is 12.4. The fourth-order valence-corrected chi connectivity index (χ4v) is 4.47. The van der Waals surface area contributed by atoms with E-state index in [9.17, 15) is 13.2 Å². The molecule has 1 aliphatic carbocycles. The molecule has 0 N–H and O–H groups in total. The van der Waals surface area contributed by atoms with Gasteiger partial charge in [0.15, 0.2) is 0 Å². The maximum Gasteiger partial charge on any atom is 0.222 e. The van der Waals surface area contributed by atoms with Gasteiger partial charge in [0, 0.05) is 32.6 Å². The number of rotatable bonds is 3. The van der Waals surface area contributed by atoms with Crippen molar-refractivity contribution in [1.29, 1.82) is 0 Å². The number of amides is 1. The van der Waals surface area contributed by atoms with E-state index in [1.807, 2.05) is 4.90 Å². The average Bonchev–Trinajstić information content (AvgIpc) is 2.63. The normalized spacial score (nSPS) is 29.1. The fraction of sp³-hybridized carbons (Fsp3) is 0.933. The Morgan fingerprint density at radius 3 is 2.52 bits per heavy atom. The van der Waals surface area contributed by atoms with Crippen LogP contribution in [0.3, 0.4) is 0 Å². The van der Waals surface area contributed by atoms with Crippen LogP contribution in [0.25, 0.3) is 0 Å². The van der Waals surface area contributed by atoms with Crippen molar-refractivity contribution in [1.82, 2.24) is 9.21 Å². The van der Waals surface area contributed by atoms with E-state index in [-0.39, 0.29) is 5.91 Å². The molecule has 0 spiro atoms. The molecule has 1 aliphatic heterocycles. The molecule has 2 rings (SSSR count). The number of carbonyl (C=O) groups is 1. The second-order valence-electron chi connectivity index (χ2n) is 6.74. The Balaban J connectivity index is 1.85. The van der Waals surface area contributed by atoms with Crippen molar-refractivity contribution in [3.8, 4) is 0 Å². The molecule has 0 radical (unpaired) electrons. The molecule has 21 heavy (non-hydrogen) atoms. The monoisotopic (exact) mass is 316 g/mol. The number of sulfonamides is 1. The minimum Gasteiger partial charge on any atom is -0.341 e. The standard InChI is InChI=1S/C15H28N2O3S/c1-13-5-3-6-14(11-13)12-15(18)16-7-4-8-17(10-9-16)21(2,19)20/h13-14H,3-12H2,1-2H3. The summed E-state index contributed by atoms with van der Waals surface area (Å²) in [5.41, 5.74) is 0. The Morgan fingerprint density at radius 2 is 1.86 bits per heavy atom. The number of nitrogens with zero attached hydrogens (tertiary/aromatic N) is 2. The van der Waals surface area contributed by atoms with Crippen LogP contribution in [0.5, 0.6) is 0 Å². The van der Waals surface area contributed by atoms with Crippen molar-refractivity contribution in [3.05, 3.63) is 0 Å². The Morgan fingerprint density at radius 1 is 1.10 bits per heavy atom. The van der Waals surface area contributed by atoms with Crippen LogP contribution in [0.1, 0.15) is 45.4 Å². The molecular formula is C15H28N2O3S. The lowest BCUT2D eigenvalue weighted by Crippen LogP contribution is -2.37. The van der Waals surface area contributed by atoms with Gasteiger partial charge in [-0.1, -0.05) is 19.8 Å². The Kier molecular flexibility index (Phi) is 5.66. The molecule has 2 aliphatic rings. The van der Waals surface area contributed by atoms with Crippen molar-refractivity contribution in [3.63, 3.8) is 0 Å². The number of carbonyl (C=O) groups excluding carboxylic acids is 1. The van der Waals surface area contributed by atoms with Crippen LogP contribution in [0, 0.1) is 11.8 Å². The van der Waals surface area contributed by atoms with Crippen molar-refractivity contribution in [2.75, 3.05) is 32.4 Å². The van der Waals surface area contributed by atoms with E-state index in [2.05, 4.69) is 6.92 Å². The maximum absolute atomic E-state index is 12.4. The Bertz CT molecular complexity index is 464. The van der Waals surface area contributed by atoms with E-state index in [4.69, 9.17) is 0 Å². The molecule has 1 saturated heterocycles. The minimum atomic E-state index is -3.14. The zero-order valence-electron chi connectivity index (χ0n) is 13.3. The van der Waals surface area contributed by atoms with Gasteiger partial charge in [-0.05, 0) is 31.1 Å². The molecule has 0 aromatic carbocycles. The molecule has 1 amide bonds. The number of hydrogen-bond acceptors (Lipinski definition) is 3. The van der Waals surface area contributed by atoms with Gasteiger partial charge in [0.2, 0.25) is 15.9 Å². The first kappa shape index (κ1) is 16.7. The summed E-state index contributed by atoms with van der Waals surface area (Å²) in [5.74, 6) is 1.47. The van der Waals surface area contributed by atoms with E-state index in [0.29, 0.717) is 38.5 Å². The van der Waals surface area contributed by atoms with Crippen molar-refractivity contribution >= 4 is 15.9 Å². The summed E-state index contributed by atoms with van der Waals surface area (Å²) >= 11 is 0. The Labute approximate surface area is 128 Å². The first-order chi connectivity index (χ1) is 9.86. The van der Waals surface area contributed by atoms with Gasteiger partial charge in [-0.3, -0.25) is 4.79 Å². The molecule has 1 saturated carbocycles. The lowest BCUT2D eigenvalue weighted by Gasteiger charge is -2.28. The molecule has 0 bridgehead atoms. The first-order valence-electron chi connectivity index (χ1n) is 8.09. The predicted octanol–water partition coefficient (Wildman–Crippen LogP) is 1.70. The van der Waals surface area contributed by atoms with Gasteiger partial charge in [0.05, 0.1) is 6.26 Å². The number of hydrogen-bond donors (Lipinski definition) is 0. The third kappa shape index (κ3) is 4.95. The summed E-state index contributed by atoms with van der Waals surface area (Å²) in [7, 11) is -3.14. The van der Waals surface area contributed by atoms with Crippen LogP contribution in [-0.2, 0) is 14.8 Å². The molecule has 2 fully saturated rings. The summed E-state index contributed by atoms with van der Waals surface area (Å²) in [4.78, 5) is 14.3. The van der Waals surface area contributed by atoms with Crippen LogP contribution in [0.4, 0.5) is 0 Å². The molecule has 2 atom stereocenters. The zero-order chi connectivity index (χ0) is 15.5. The summed E-state index contributed by atoms with van der Waals surface area (Å²) in [6.45, 7) is 4.46. The Hall–Kier alpha value is -0.620. The minimum absolute atomic E-state index is 0.212. The summed E-state index contributed by atoms with van der Waals surface area (Å²) in [6, 6.07) is 0. The van der Waals surface area contributed by atoms with E-state index in [0.717, 1.165) is 18.8 Å². The van der Waals surface area contributed by atoms with Gasteiger partial charge in [-0.2, -0.15) is 0 Å². The molecule has 5 nitrogen and oxygen atoms in total. The second-order valence-corrected chi connectivity index (χ2v) is 8.72. The van der Waals surface area contributed by atoms with Gasteiger partial charge in [0.25, 0.3) is 0 Å². The van der Waals surface area contributed by atoms with Crippen LogP contribution < -0.4 is 0 Å². The molecule has 0 aromatic heterocycles. The predicted molar refractivity (Wildman–Crippen MR) is 83.4 cm³/mol. The highest BCUT2D eigenvalue weighted by molar-refractivity contribution is 7.88. The van der Waals surface area contributed by atoms with Crippen molar-refractivity contribution in [2.24, 2.45) is 11.8 Å². The molecule has 0 aromatic rings.